The summed E-state index contributed by atoms with van der Waals surface area (Å²) in [5, 5.41) is 15.7. The second kappa shape index (κ2) is 7.25. The van der Waals surface area contributed by atoms with Gasteiger partial charge >= 0.3 is 5.69 Å². The predicted molar refractivity (Wildman–Crippen MR) is 112 cm³/mol. The van der Waals surface area contributed by atoms with Crippen molar-refractivity contribution in [1.82, 2.24) is 15.0 Å². The Morgan fingerprint density at radius 1 is 1.10 bits per heavy atom. The molecule has 0 fully saturated rings. The lowest BCUT2D eigenvalue weighted by atomic mass is 10.00. The molecule has 1 aliphatic rings. The third-order valence-electron chi connectivity index (χ3n) is 4.86. The van der Waals surface area contributed by atoms with Crippen LogP contribution in [0.5, 0.6) is 5.88 Å². The van der Waals surface area contributed by atoms with E-state index in [9.17, 15) is 14.7 Å². The van der Waals surface area contributed by atoms with Gasteiger partial charge in [-0.15, -0.1) is 0 Å². The summed E-state index contributed by atoms with van der Waals surface area (Å²) in [6.07, 6.45) is 0.378. The fourth-order valence-electron chi connectivity index (χ4n) is 3.59. The highest BCUT2D eigenvalue weighted by Crippen LogP contribution is 2.28. The zero-order valence-corrected chi connectivity index (χ0v) is 16.6. The van der Waals surface area contributed by atoms with Crippen LogP contribution < -0.4 is 16.7 Å². The summed E-state index contributed by atoms with van der Waals surface area (Å²) in [6, 6.07) is 12.6. The molecule has 2 heterocycles. The lowest BCUT2D eigenvalue weighted by molar-refractivity contribution is 0.429. The molecule has 0 unspecified atom stereocenters. The topological polar surface area (TPSA) is 99.5 Å². The molecule has 1 aromatic heterocycles. The number of nitrogens with zero attached hydrogens (tertiary/aromatic N) is 2. The number of benzene rings is 2. The van der Waals surface area contributed by atoms with E-state index in [-0.39, 0.29) is 11.6 Å². The van der Waals surface area contributed by atoms with Crippen LogP contribution in [0.2, 0.25) is 5.02 Å². The third kappa shape index (κ3) is 3.56. The van der Waals surface area contributed by atoms with Crippen LogP contribution in [-0.2, 0) is 0 Å². The monoisotopic (exact) mass is 410 g/mol. The van der Waals surface area contributed by atoms with Crippen molar-refractivity contribution in [2.45, 2.75) is 26.3 Å². The molecular formula is C21H19ClN4O3. The van der Waals surface area contributed by atoms with Crippen molar-refractivity contribution in [3.8, 4) is 11.6 Å². The van der Waals surface area contributed by atoms with Gasteiger partial charge in [-0.05, 0) is 54.8 Å². The standard InChI is InChI=1S/C21H19ClN4O3/c1-11-7-12(2)9-15(8-11)26-20(28)18(19(27)23-21(26)29)17-10-16(24-25-17)13-3-5-14(22)6-4-13/h3-9,16,24,28H,10H2,1-2H3,(H,23,27,29)/t16-/m0/s1. The van der Waals surface area contributed by atoms with Crippen molar-refractivity contribution in [3.63, 3.8) is 0 Å². The van der Waals surface area contributed by atoms with E-state index < -0.39 is 17.1 Å². The van der Waals surface area contributed by atoms with Crippen LogP contribution in [0.4, 0.5) is 0 Å². The lowest BCUT2D eigenvalue weighted by Crippen LogP contribution is -2.33. The molecule has 0 saturated heterocycles. The number of H-pyrrole nitrogens is 1. The van der Waals surface area contributed by atoms with Gasteiger partial charge in [0, 0.05) is 11.4 Å². The van der Waals surface area contributed by atoms with Crippen LogP contribution in [0, 0.1) is 13.8 Å². The number of hydrogen-bond acceptors (Lipinski definition) is 5. The molecule has 0 aliphatic carbocycles. The van der Waals surface area contributed by atoms with Crippen molar-refractivity contribution in [3.05, 3.63) is 90.6 Å². The molecule has 1 atom stereocenters. The maximum atomic E-state index is 12.5. The molecule has 8 heteroatoms. The zero-order valence-electron chi connectivity index (χ0n) is 15.9. The van der Waals surface area contributed by atoms with Crippen molar-refractivity contribution in [2.75, 3.05) is 0 Å². The Balaban J connectivity index is 1.76. The number of rotatable bonds is 3. The maximum Gasteiger partial charge on any atom is 0.335 e. The Morgan fingerprint density at radius 3 is 2.41 bits per heavy atom. The third-order valence-corrected chi connectivity index (χ3v) is 5.12. The largest absolute Gasteiger partial charge is 0.493 e. The fourth-order valence-corrected chi connectivity index (χ4v) is 3.72. The number of aromatic nitrogens is 2. The van der Waals surface area contributed by atoms with E-state index in [1.165, 1.54) is 0 Å². The number of nitrogens with one attached hydrogen (secondary N) is 2. The molecule has 0 spiro atoms. The van der Waals surface area contributed by atoms with E-state index in [0.717, 1.165) is 21.3 Å². The minimum atomic E-state index is -0.706. The van der Waals surface area contributed by atoms with Crippen LogP contribution in [0.1, 0.15) is 34.7 Å². The molecule has 0 amide bonds. The molecule has 3 aromatic rings. The van der Waals surface area contributed by atoms with E-state index in [1.807, 2.05) is 32.0 Å². The molecule has 4 rings (SSSR count). The number of aryl methyl sites for hydroxylation is 2. The summed E-state index contributed by atoms with van der Waals surface area (Å²) in [4.78, 5) is 27.2. The van der Waals surface area contributed by atoms with Crippen LogP contribution >= 0.6 is 11.6 Å². The average molecular weight is 411 g/mol. The summed E-state index contributed by atoms with van der Waals surface area (Å²) in [6.45, 7) is 3.79. The first-order chi connectivity index (χ1) is 13.8. The van der Waals surface area contributed by atoms with Gasteiger partial charge < -0.3 is 10.5 Å². The summed E-state index contributed by atoms with van der Waals surface area (Å²) in [5.74, 6) is -0.430. The highest BCUT2D eigenvalue weighted by molar-refractivity contribution is 6.30. The first-order valence-corrected chi connectivity index (χ1v) is 9.46. The molecule has 0 bridgehead atoms. The normalized spacial score (nSPS) is 15.8. The molecule has 29 heavy (non-hydrogen) atoms. The number of aromatic hydroxyl groups is 1. The van der Waals surface area contributed by atoms with Gasteiger partial charge in [0.2, 0.25) is 5.88 Å². The van der Waals surface area contributed by atoms with Gasteiger partial charge in [0.25, 0.3) is 5.56 Å². The van der Waals surface area contributed by atoms with E-state index in [0.29, 0.717) is 22.8 Å². The quantitative estimate of drug-likeness (QED) is 0.618. The minimum Gasteiger partial charge on any atom is -0.493 e. The van der Waals surface area contributed by atoms with Gasteiger partial charge in [0.05, 0.1) is 17.4 Å². The molecule has 0 radical (unpaired) electrons. The number of hydrazone groups is 1. The minimum absolute atomic E-state index is 0.0206. The van der Waals surface area contributed by atoms with Gasteiger partial charge in [-0.2, -0.15) is 5.10 Å². The lowest BCUT2D eigenvalue weighted by Gasteiger charge is -2.13. The highest BCUT2D eigenvalue weighted by atomic mass is 35.5. The van der Waals surface area contributed by atoms with Crippen molar-refractivity contribution < 1.29 is 5.11 Å². The Kier molecular flexibility index (Phi) is 4.76. The van der Waals surface area contributed by atoms with Crippen LogP contribution in [-0.4, -0.2) is 20.4 Å². The van der Waals surface area contributed by atoms with Crippen LogP contribution in [0.15, 0.2) is 57.2 Å². The van der Waals surface area contributed by atoms with Crippen molar-refractivity contribution >= 4 is 17.3 Å². The van der Waals surface area contributed by atoms with Gasteiger partial charge in [-0.25, -0.2) is 9.36 Å². The van der Waals surface area contributed by atoms with Gasteiger partial charge in [-0.1, -0.05) is 29.8 Å². The summed E-state index contributed by atoms with van der Waals surface area (Å²) >= 11 is 5.94. The Hall–Kier alpha value is -3.32. The molecular weight excluding hydrogens is 392 g/mol. The molecule has 7 nitrogen and oxygen atoms in total. The SMILES string of the molecule is Cc1cc(C)cc(-n2c(O)c(C3=NN[C@H](c4ccc(Cl)cc4)C3)c(=O)[nH]c2=O)c1. The number of halogens is 1. The molecule has 3 N–H and O–H groups in total. The van der Waals surface area contributed by atoms with Crippen molar-refractivity contribution in [1.29, 1.82) is 0 Å². The second-order valence-electron chi connectivity index (χ2n) is 7.14. The molecule has 0 saturated carbocycles. The zero-order chi connectivity index (χ0) is 20.7. The Bertz CT molecular complexity index is 1220. The summed E-state index contributed by atoms with van der Waals surface area (Å²) < 4.78 is 1.09. The molecule has 1 aliphatic heterocycles. The number of hydrogen-bond donors (Lipinski definition) is 3. The predicted octanol–water partition coefficient (Wildman–Crippen LogP) is 2.94. The van der Waals surface area contributed by atoms with Gasteiger partial charge in [0.15, 0.2) is 0 Å². The highest BCUT2D eigenvalue weighted by Gasteiger charge is 2.27. The first-order valence-electron chi connectivity index (χ1n) is 9.08. The van der Waals surface area contributed by atoms with E-state index in [1.54, 1.807) is 24.3 Å². The first kappa shape index (κ1) is 19.0. The fraction of sp³-hybridized carbons (Fsp3) is 0.190. The van der Waals surface area contributed by atoms with Gasteiger partial charge in [-0.3, -0.25) is 9.78 Å². The molecule has 2 aromatic carbocycles. The van der Waals surface area contributed by atoms with Gasteiger partial charge in [0.1, 0.15) is 5.56 Å². The van der Waals surface area contributed by atoms with E-state index in [4.69, 9.17) is 11.6 Å². The Labute approximate surface area is 171 Å². The van der Waals surface area contributed by atoms with Crippen molar-refractivity contribution in [2.24, 2.45) is 5.10 Å². The Morgan fingerprint density at radius 2 is 1.76 bits per heavy atom. The van der Waals surface area contributed by atoms with Crippen LogP contribution in [0.3, 0.4) is 0 Å². The van der Waals surface area contributed by atoms with Crippen LogP contribution in [0.25, 0.3) is 5.69 Å². The number of aromatic amines is 1. The smallest absolute Gasteiger partial charge is 0.335 e. The maximum absolute atomic E-state index is 12.5. The van der Waals surface area contributed by atoms with E-state index >= 15 is 0 Å². The summed E-state index contributed by atoms with van der Waals surface area (Å²) in [5.41, 5.74) is 5.25. The molecule has 148 valence electrons. The average Bonchev–Trinajstić information content (AvgIpc) is 3.10. The summed E-state index contributed by atoms with van der Waals surface area (Å²) in [7, 11) is 0. The second-order valence-corrected chi connectivity index (χ2v) is 7.57. The van der Waals surface area contributed by atoms with E-state index in [2.05, 4.69) is 15.5 Å².